The van der Waals surface area contributed by atoms with Gasteiger partial charge in [0.1, 0.15) is 0 Å². The summed E-state index contributed by atoms with van der Waals surface area (Å²) in [5.74, 6) is 0.224. The summed E-state index contributed by atoms with van der Waals surface area (Å²) in [7, 11) is 0. The minimum absolute atomic E-state index is 0.224. The average molecular weight is 155 g/mol. The summed E-state index contributed by atoms with van der Waals surface area (Å²) in [5, 5.41) is 0. The lowest BCUT2D eigenvalue weighted by molar-refractivity contribution is -0.128. The van der Waals surface area contributed by atoms with Crippen LogP contribution >= 0.6 is 0 Å². The second-order valence-electron chi connectivity index (χ2n) is 3.85. The number of carbonyl (C=O) groups is 1. The van der Waals surface area contributed by atoms with Crippen LogP contribution in [-0.4, -0.2) is 23.9 Å². The van der Waals surface area contributed by atoms with Crippen molar-refractivity contribution in [3.63, 3.8) is 0 Å². The molecule has 1 fully saturated rings. The van der Waals surface area contributed by atoms with Gasteiger partial charge in [-0.05, 0) is 18.3 Å². The maximum Gasteiger partial charge on any atom is 0.219 e. The van der Waals surface area contributed by atoms with Gasteiger partial charge in [-0.15, -0.1) is 0 Å². The molecule has 11 heavy (non-hydrogen) atoms. The van der Waals surface area contributed by atoms with Gasteiger partial charge in [-0.3, -0.25) is 4.79 Å². The van der Waals surface area contributed by atoms with E-state index in [0.29, 0.717) is 5.41 Å². The maximum absolute atomic E-state index is 11.0. The quantitative estimate of drug-likeness (QED) is 0.564. The number of rotatable bonds is 1. The molecular weight excluding hydrogens is 138 g/mol. The van der Waals surface area contributed by atoms with Crippen LogP contribution in [0.15, 0.2) is 0 Å². The first-order valence-electron chi connectivity index (χ1n) is 4.33. The van der Waals surface area contributed by atoms with Gasteiger partial charge in [0.2, 0.25) is 5.91 Å². The van der Waals surface area contributed by atoms with Gasteiger partial charge >= 0.3 is 0 Å². The van der Waals surface area contributed by atoms with Crippen molar-refractivity contribution in [2.24, 2.45) is 5.41 Å². The first-order chi connectivity index (χ1) is 5.07. The molecule has 0 aromatic carbocycles. The van der Waals surface area contributed by atoms with Crippen molar-refractivity contribution in [1.29, 1.82) is 0 Å². The molecule has 0 spiro atoms. The molecule has 1 atom stereocenters. The molecule has 2 nitrogen and oxygen atoms in total. The van der Waals surface area contributed by atoms with Gasteiger partial charge < -0.3 is 4.90 Å². The Kier molecular flexibility index (Phi) is 2.21. The lowest BCUT2D eigenvalue weighted by Crippen LogP contribution is -2.28. The van der Waals surface area contributed by atoms with Crippen molar-refractivity contribution in [3.8, 4) is 0 Å². The fourth-order valence-corrected chi connectivity index (χ4v) is 1.58. The lowest BCUT2D eigenvalue weighted by atomic mass is 9.87. The van der Waals surface area contributed by atoms with E-state index in [4.69, 9.17) is 0 Å². The van der Waals surface area contributed by atoms with Crippen LogP contribution in [0.3, 0.4) is 0 Å². The van der Waals surface area contributed by atoms with Crippen LogP contribution in [0, 0.1) is 5.41 Å². The van der Waals surface area contributed by atoms with Crippen molar-refractivity contribution >= 4 is 5.91 Å². The van der Waals surface area contributed by atoms with Crippen LogP contribution in [0.4, 0.5) is 0 Å². The number of nitrogens with zero attached hydrogens (tertiary/aromatic N) is 1. The van der Waals surface area contributed by atoms with Crippen LogP contribution in [0.5, 0.6) is 0 Å². The molecule has 1 aliphatic heterocycles. The fourth-order valence-electron chi connectivity index (χ4n) is 1.58. The van der Waals surface area contributed by atoms with Crippen molar-refractivity contribution in [3.05, 3.63) is 0 Å². The molecule has 0 radical (unpaired) electrons. The molecule has 1 rings (SSSR count). The zero-order valence-electron chi connectivity index (χ0n) is 7.68. The lowest BCUT2D eigenvalue weighted by Gasteiger charge is -2.21. The van der Waals surface area contributed by atoms with E-state index in [1.165, 1.54) is 12.8 Å². The third-order valence-electron chi connectivity index (χ3n) is 2.86. The zero-order chi connectivity index (χ0) is 8.48. The van der Waals surface area contributed by atoms with E-state index in [1.807, 2.05) is 4.90 Å². The second kappa shape index (κ2) is 2.84. The van der Waals surface area contributed by atoms with Crippen LogP contribution in [0.1, 0.15) is 33.6 Å². The number of carbonyl (C=O) groups excluding carboxylic acids is 1. The molecular formula is C9H17NO. The van der Waals surface area contributed by atoms with Crippen LogP contribution in [-0.2, 0) is 4.79 Å². The molecule has 64 valence electrons. The Morgan fingerprint density at radius 2 is 2.27 bits per heavy atom. The summed E-state index contributed by atoms with van der Waals surface area (Å²) in [6.45, 7) is 8.03. The summed E-state index contributed by atoms with van der Waals surface area (Å²) in [4.78, 5) is 12.9. The Bertz CT molecular complexity index is 167. The summed E-state index contributed by atoms with van der Waals surface area (Å²) in [5.41, 5.74) is 0.395. The molecule has 1 amide bonds. The van der Waals surface area contributed by atoms with E-state index in [2.05, 4.69) is 13.8 Å². The molecule has 1 saturated heterocycles. The molecule has 1 heterocycles. The molecule has 0 aromatic rings. The van der Waals surface area contributed by atoms with Crippen LogP contribution in [0.2, 0.25) is 0 Å². The van der Waals surface area contributed by atoms with E-state index in [9.17, 15) is 4.79 Å². The fraction of sp³-hybridized carbons (Fsp3) is 0.889. The van der Waals surface area contributed by atoms with Crippen molar-refractivity contribution < 1.29 is 4.79 Å². The maximum atomic E-state index is 11.0. The highest BCUT2D eigenvalue weighted by Gasteiger charge is 2.32. The van der Waals surface area contributed by atoms with Gasteiger partial charge in [0, 0.05) is 20.0 Å². The SMILES string of the molecule is CC[C@]1(C)CCN(C(C)=O)C1. The van der Waals surface area contributed by atoms with Crippen molar-refractivity contribution in [2.75, 3.05) is 13.1 Å². The molecule has 1 aliphatic rings. The highest BCUT2D eigenvalue weighted by molar-refractivity contribution is 5.73. The third-order valence-corrected chi connectivity index (χ3v) is 2.86. The predicted octanol–water partition coefficient (Wildman–Crippen LogP) is 1.65. The number of hydrogen-bond acceptors (Lipinski definition) is 1. The third kappa shape index (κ3) is 1.73. The minimum Gasteiger partial charge on any atom is -0.342 e. The molecule has 2 heteroatoms. The van der Waals surface area contributed by atoms with Crippen LogP contribution in [0.25, 0.3) is 0 Å². The van der Waals surface area contributed by atoms with Crippen molar-refractivity contribution in [2.45, 2.75) is 33.6 Å². The zero-order valence-corrected chi connectivity index (χ0v) is 7.68. The minimum atomic E-state index is 0.224. The van der Waals surface area contributed by atoms with E-state index in [-0.39, 0.29) is 5.91 Å². The van der Waals surface area contributed by atoms with E-state index in [1.54, 1.807) is 6.92 Å². The Hall–Kier alpha value is -0.530. The molecule has 0 bridgehead atoms. The van der Waals surface area contributed by atoms with Gasteiger partial charge in [-0.2, -0.15) is 0 Å². The van der Waals surface area contributed by atoms with Gasteiger partial charge in [0.05, 0.1) is 0 Å². The topological polar surface area (TPSA) is 20.3 Å². The Balaban J connectivity index is 2.53. The van der Waals surface area contributed by atoms with Crippen LogP contribution < -0.4 is 0 Å². The molecule has 0 aliphatic carbocycles. The normalized spacial score (nSPS) is 31.0. The number of amides is 1. The predicted molar refractivity (Wildman–Crippen MR) is 45.3 cm³/mol. The summed E-state index contributed by atoms with van der Waals surface area (Å²) >= 11 is 0. The van der Waals surface area contributed by atoms with Gasteiger partial charge in [-0.25, -0.2) is 0 Å². The summed E-state index contributed by atoms with van der Waals surface area (Å²) in [6.07, 6.45) is 2.35. The monoisotopic (exact) mass is 155 g/mol. The molecule has 0 unspecified atom stereocenters. The van der Waals surface area contributed by atoms with Crippen molar-refractivity contribution in [1.82, 2.24) is 4.90 Å². The number of likely N-dealkylation sites (tertiary alicyclic amines) is 1. The van der Waals surface area contributed by atoms with E-state index in [0.717, 1.165) is 13.1 Å². The summed E-state index contributed by atoms with van der Waals surface area (Å²) < 4.78 is 0. The smallest absolute Gasteiger partial charge is 0.219 e. The highest BCUT2D eigenvalue weighted by atomic mass is 16.2. The first kappa shape index (κ1) is 8.57. The Labute approximate surface area is 68.6 Å². The standard InChI is InChI=1S/C9H17NO/c1-4-9(3)5-6-10(7-9)8(2)11/h4-7H2,1-3H3/t9-/m1/s1. The molecule has 0 saturated carbocycles. The molecule has 0 N–H and O–H groups in total. The average Bonchev–Trinajstić information content (AvgIpc) is 2.33. The Morgan fingerprint density at radius 3 is 2.55 bits per heavy atom. The highest BCUT2D eigenvalue weighted by Crippen LogP contribution is 2.32. The van der Waals surface area contributed by atoms with E-state index < -0.39 is 0 Å². The molecule has 0 aromatic heterocycles. The number of hydrogen-bond donors (Lipinski definition) is 0. The van der Waals surface area contributed by atoms with E-state index >= 15 is 0 Å². The largest absolute Gasteiger partial charge is 0.342 e. The first-order valence-corrected chi connectivity index (χ1v) is 4.33. The van der Waals surface area contributed by atoms with Gasteiger partial charge in [-0.1, -0.05) is 13.8 Å². The second-order valence-corrected chi connectivity index (χ2v) is 3.85. The van der Waals surface area contributed by atoms with Gasteiger partial charge in [0.15, 0.2) is 0 Å². The Morgan fingerprint density at radius 1 is 1.64 bits per heavy atom. The summed E-state index contributed by atoms with van der Waals surface area (Å²) in [6, 6.07) is 0. The van der Waals surface area contributed by atoms with Gasteiger partial charge in [0.25, 0.3) is 0 Å².